The summed E-state index contributed by atoms with van der Waals surface area (Å²) >= 11 is 0. The molecule has 3 aromatic carbocycles. The first-order valence-corrected chi connectivity index (χ1v) is 12.7. The monoisotopic (exact) mass is 405 g/mol. The lowest BCUT2D eigenvalue weighted by Gasteiger charge is -2.16. The number of para-hydroxylation sites is 1. The molecule has 31 heavy (non-hydrogen) atoms. The Labute approximate surface area is 184 Å². The smallest absolute Gasteiger partial charge is 0.0620 e. The average Bonchev–Trinajstić information content (AvgIpc) is 3.26. The molecule has 0 saturated heterocycles. The van der Waals surface area contributed by atoms with Crippen LogP contribution in [0.4, 0.5) is 0 Å². The minimum absolute atomic E-state index is 1.24. The van der Waals surface area contributed by atoms with E-state index in [1.807, 2.05) is 0 Å². The van der Waals surface area contributed by atoms with Gasteiger partial charge in [0.2, 0.25) is 0 Å². The van der Waals surface area contributed by atoms with Crippen molar-refractivity contribution in [3.8, 4) is 0 Å². The molecule has 2 aliphatic carbocycles. The Morgan fingerprint density at radius 1 is 0.484 bits per heavy atom. The van der Waals surface area contributed by atoms with Crippen LogP contribution in [0, 0.1) is 0 Å². The summed E-state index contributed by atoms with van der Waals surface area (Å²) in [5.41, 5.74) is 10.8. The van der Waals surface area contributed by atoms with Crippen LogP contribution in [-0.2, 0) is 25.7 Å². The van der Waals surface area contributed by atoms with Crippen LogP contribution in [0.5, 0.6) is 0 Å². The van der Waals surface area contributed by atoms with E-state index in [-0.39, 0.29) is 0 Å². The highest BCUT2D eigenvalue weighted by Gasteiger charge is 2.23. The molecule has 1 nitrogen and oxygen atoms in total. The molecule has 0 atom stereocenters. The summed E-state index contributed by atoms with van der Waals surface area (Å²) in [6.07, 6.45) is 15.9. The number of aromatic nitrogens is 1. The average molecular weight is 406 g/mol. The van der Waals surface area contributed by atoms with Gasteiger partial charge in [-0.3, -0.25) is 0 Å². The van der Waals surface area contributed by atoms with Crippen LogP contribution >= 0.6 is 0 Å². The van der Waals surface area contributed by atoms with Crippen LogP contribution < -0.4 is 0 Å². The lowest BCUT2D eigenvalue weighted by molar-refractivity contribution is 0.619. The zero-order chi connectivity index (χ0) is 20.4. The predicted molar refractivity (Wildman–Crippen MR) is 133 cm³/mol. The topological polar surface area (TPSA) is 4.41 Å². The third-order valence-electron chi connectivity index (χ3n) is 8.30. The standard InChI is InChI=1S/C30H31N/c1-3-7-12-22-20(10-5-1)16-18-26-28(22)24-14-9-15-25-29-23-13-8-4-2-6-11-21(23)17-19-27(29)31(26)30(24)25/h9,14-19H,1-8,10-13H2. The van der Waals surface area contributed by atoms with E-state index in [1.165, 1.54) is 104 Å². The highest BCUT2D eigenvalue weighted by Crippen LogP contribution is 2.43. The van der Waals surface area contributed by atoms with Gasteiger partial charge in [0.1, 0.15) is 0 Å². The van der Waals surface area contributed by atoms with Crippen molar-refractivity contribution in [3.63, 3.8) is 0 Å². The van der Waals surface area contributed by atoms with E-state index < -0.39 is 0 Å². The second kappa shape index (κ2) is 6.99. The van der Waals surface area contributed by atoms with Crippen molar-refractivity contribution in [2.24, 2.45) is 0 Å². The number of hydrogen-bond acceptors (Lipinski definition) is 0. The normalized spacial score (nSPS) is 18.1. The molecule has 0 aliphatic heterocycles. The summed E-state index contributed by atoms with van der Waals surface area (Å²) in [6.45, 7) is 0. The van der Waals surface area contributed by atoms with E-state index in [0.29, 0.717) is 0 Å². The Kier molecular flexibility index (Phi) is 4.07. The van der Waals surface area contributed by atoms with E-state index in [0.717, 1.165) is 0 Å². The maximum absolute atomic E-state index is 2.62. The number of aryl methyl sites for hydroxylation is 4. The molecule has 0 radical (unpaired) electrons. The van der Waals surface area contributed by atoms with Crippen LogP contribution in [0.25, 0.3) is 38.1 Å². The molecule has 1 heteroatoms. The highest BCUT2D eigenvalue weighted by atomic mass is 14.9. The summed E-state index contributed by atoms with van der Waals surface area (Å²) in [4.78, 5) is 0. The zero-order valence-electron chi connectivity index (χ0n) is 18.5. The quantitative estimate of drug-likeness (QED) is 0.245. The van der Waals surface area contributed by atoms with Crippen molar-refractivity contribution in [1.29, 1.82) is 0 Å². The van der Waals surface area contributed by atoms with Gasteiger partial charge in [-0.25, -0.2) is 0 Å². The van der Waals surface area contributed by atoms with Crippen molar-refractivity contribution in [2.45, 2.75) is 77.0 Å². The first-order chi connectivity index (χ1) is 15.4. The Balaban J connectivity index is 1.62. The largest absolute Gasteiger partial charge is 0.308 e. The van der Waals surface area contributed by atoms with E-state index in [1.54, 1.807) is 33.0 Å². The molecule has 5 aromatic rings. The van der Waals surface area contributed by atoms with Crippen molar-refractivity contribution in [2.75, 3.05) is 0 Å². The lowest BCUT2D eigenvalue weighted by atomic mass is 9.88. The van der Waals surface area contributed by atoms with Gasteiger partial charge in [0.15, 0.2) is 0 Å². The fourth-order valence-electron chi connectivity index (χ4n) is 6.87. The number of rotatable bonds is 0. The number of nitrogens with zero attached hydrogens (tertiary/aromatic N) is 1. The summed E-state index contributed by atoms with van der Waals surface area (Å²) < 4.78 is 2.62. The van der Waals surface area contributed by atoms with Crippen LogP contribution in [-0.4, -0.2) is 4.40 Å². The third-order valence-corrected chi connectivity index (χ3v) is 8.30. The van der Waals surface area contributed by atoms with Crippen LogP contribution in [0.3, 0.4) is 0 Å². The van der Waals surface area contributed by atoms with Gasteiger partial charge in [-0.15, -0.1) is 0 Å². The summed E-state index contributed by atoms with van der Waals surface area (Å²) in [6, 6.07) is 16.9. The molecule has 0 fully saturated rings. The van der Waals surface area contributed by atoms with Gasteiger partial charge in [0, 0.05) is 21.5 Å². The third kappa shape index (κ3) is 2.56. The van der Waals surface area contributed by atoms with Crippen molar-refractivity contribution in [3.05, 3.63) is 64.7 Å². The SMILES string of the molecule is c1cc2c3c4c(ccc3n3c5ccc6c(c5c(c1)c23)CCCCCC6)CCCCCC4. The fraction of sp³-hybridized carbons (Fsp3) is 0.400. The maximum Gasteiger partial charge on any atom is 0.0620 e. The Morgan fingerprint density at radius 2 is 0.968 bits per heavy atom. The maximum atomic E-state index is 2.62. The molecule has 0 bridgehead atoms. The van der Waals surface area contributed by atoms with Gasteiger partial charge < -0.3 is 4.40 Å². The van der Waals surface area contributed by atoms with Gasteiger partial charge in [0.25, 0.3) is 0 Å². The Bertz CT molecular complexity index is 1330. The lowest BCUT2D eigenvalue weighted by Crippen LogP contribution is -2.01. The highest BCUT2D eigenvalue weighted by molar-refractivity contribution is 6.24. The molecule has 0 unspecified atom stereocenters. The molecule has 2 aromatic heterocycles. The van der Waals surface area contributed by atoms with Crippen molar-refractivity contribution < 1.29 is 0 Å². The minimum Gasteiger partial charge on any atom is -0.308 e. The summed E-state index contributed by atoms with van der Waals surface area (Å²) in [7, 11) is 0. The summed E-state index contributed by atoms with van der Waals surface area (Å²) in [5, 5.41) is 6.07. The molecule has 0 amide bonds. The van der Waals surface area contributed by atoms with Crippen LogP contribution in [0.1, 0.15) is 73.6 Å². The van der Waals surface area contributed by atoms with E-state index in [4.69, 9.17) is 0 Å². The van der Waals surface area contributed by atoms with Crippen LogP contribution in [0.2, 0.25) is 0 Å². The van der Waals surface area contributed by atoms with Crippen molar-refractivity contribution >= 4 is 38.1 Å². The molecule has 156 valence electrons. The molecule has 2 heterocycles. The van der Waals surface area contributed by atoms with E-state index in [2.05, 4.69) is 46.9 Å². The molecule has 0 saturated carbocycles. The Morgan fingerprint density at radius 3 is 1.48 bits per heavy atom. The first kappa shape index (κ1) is 18.1. The van der Waals surface area contributed by atoms with Crippen LogP contribution in [0.15, 0.2) is 42.5 Å². The molecule has 0 spiro atoms. The first-order valence-electron chi connectivity index (χ1n) is 12.7. The van der Waals surface area contributed by atoms with E-state index >= 15 is 0 Å². The van der Waals surface area contributed by atoms with Crippen molar-refractivity contribution in [1.82, 2.24) is 4.40 Å². The van der Waals surface area contributed by atoms with Gasteiger partial charge in [-0.05, 0) is 85.8 Å². The van der Waals surface area contributed by atoms with Gasteiger partial charge in [-0.2, -0.15) is 0 Å². The van der Waals surface area contributed by atoms with Gasteiger partial charge in [-0.1, -0.05) is 56.0 Å². The van der Waals surface area contributed by atoms with E-state index in [9.17, 15) is 0 Å². The fourth-order valence-corrected chi connectivity index (χ4v) is 6.87. The van der Waals surface area contributed by atoms with Gasteiger partial charge >= 0.3 is 0 Å². The molecular formula is C30H31N. The second-order valence-electron chi connectivity index (χ2n) is 10.1. The second-order valence-corrected chi connectivity index (χ2v) is 10.1. The number of hydrogen-bond donors (Lipinski definition) is 0. The number of fused-ring (bicyclic) bond motifs is 10. The minimum atomic E-state index is 1.24. The van der Waals surface area contributed by atoms with Gasteiger partial charge in [0.05, 0.1) is 16.6 Å². The molecule has 2 aliphatic rings. The predicted octanol–water partition coefficient (Wildman–Crippen LogP) is 8.15. The Hall–Kier alpha value is -2.54. The molecule has 7 rings (SSSR count). The number of benzene rings is 3. The summed E-state index contributed by atoms with van der Waals surface area (Å²) in [5.74, 6) is 0. The molecule has 0 N–H and O–H groups in total. The molecular weight excluding hydrogens is 374 g/mol. The zero-order valence-corrected chi connectivity index (χ0v) is 18.5.